The summed E-state index contributed by atoms with van der Waals surface area (Å²) in [7, 11) is -1.20. The molecule has 0 saturated heterocycles. The monoisotopic (exact) mass is 154 g/mol. The molecule has 0 atom stereocenters. The Kier molecular flexibility index (Phi) is 2.72. The second-order valence-corrected chi connectivity index (χ2v) is 9.80. The standard InChI is InChI=1S/C3H9BCl2Si/c1-7(2,3)4(5)6/h1-3H3. The van der Waals surface area contributed by atoms with Crippen molar-refractivity contribution in [2.24, 2.45) is 0 Å². The minimum absolute atomic E-state index is 0.118. The Hall–Kier alpha value is 0.862. The Balaban J connectivity index is 3.54. The van der Waals surface area contributed by atoms with Gasteiger partial charge in [-0.25, -0.2) is 0 Å². The first-order valence-electron chi connectivity index (χ1n) is 2.23. The van der Waals surface area contributed by atoms with Gasteiger partial charge in [-0.2, -0.15) is 22.9 Å². The Labute approximate surface area is 56.1 Å². The molecule has 0 aromatic rings. The summed E-state index contributed by atoms with van der Waals surface area (Å²) in [4.78, 5) is 0. The van der Waals surface area contributed by atoms with E-state index >= 15 is 0 Å². The Morgan fingerprint density at radius 2 is 1.29 bits per heavy atom. The highest BCUT2D eigenvalue weighted by Gasteiger charge is 2.26. The molecular weight excluding hydrogens is 146 g/mol. The van der Waals surface area contributed by atoms with Gasteiger partial charge >= 0.3 is 5.14 Å². The van der Waals surface area contributed by atoms with Crippen LogP contribution in [0.3, 0.4) is 0 Å². The van der Waals surface area contributed by atoms with Gasteiger partial charge in [0.1, 0.15) is 0 Å². The topological polar surface area (TPSA) is 0 Å². The van der Waals surface area contributed by atoms with Crippen LogP contribution in [-0.4, -0.2) is 13.1 Å². The lowest BCUT2D eigenvalue weighted by Crippen LogP contribution is -2.33. The molecule has 0 amide bonds. The van der Waals surface area contributed by atoms with Crippen LogP contribution in [0.5, 0.6) is 0 Å². The van der Waals surface area contributed by atoms with Gasteiger partial charge in [-0.05, 0) is 0 Å². The van der Waals surface area contributed by atoms with Gasteiger partial charge in [0.05, 0.1) is 7.94 Å². The fraction of sp³-hybridized carbons (Fsp3) is 1.00. The molecule has 0 unspecified atom stereocenters. The number of hydrogen-bond acceptors (Lipinski definition) is 0. The highest BCUT2D eigenvalue weighted by molar-refractivity contribution is 7.65. The van der Waals surface area contributed by atoms with E-state index in [0.29, 0.717) is 0 Å². The van der Waals surface area contributed by atoms with E-state index in [9.17, 15) is 0 Å². The van der Waals surface area contributed by atoms with Gasteiger partial charge in [-0.3, -0.25) is 0 Å². The van der Waals surface area contributed by atoms with E-state index in [1.54, 1.807) is 0 Å². The van der Waals surface area contributed by atoms with Crippen molar-refractivity contribution in [3.63, 3.8) is 0 Å². The summed E-state index contributed by atoms with van der Waals surface area (Å²) in [6.45, 7) is 6.41. The molecule has 0 rings (SSSR count). The first-order valence-corrected chi connectivity index (χ1v) is 6.68. The quantitative estimate of drug-likeness (QED) is 0.509. The molecule has 0 fully saturated rings. The highest BCUT2D eigenvalue weighted by atomic mass is 35.5. The summed E-state index contributed by atoms with van der Waals surface area (Å²) in [5.41, 5.74) is 0. The molecule has 0 aliphatic heterocycles. The third-order valence-electron chi connectivity index (χ3n) is 0.655. The third-order valence-corrected chi connectivity index (χ3v) is 5.89. The molecule has 0 bridgehead atoms. The largest absolute Gasteiger partial charge is 0.337 e. The normalized spacial score (nSPS) is 11.6. The average Bonchev–Trinajstić information content (AvgIpc) is 1.31. The Morgan fingerprint density at radius 1 is 1.14 bits per heavy atom. The fourth-order valence-corrected chi connectivity index (χ4v) is 0. The van der Waals surface area contributed by atoms with Crippen molar-refractivity contribution in [1.29, 1.82) is 0 Å². The van der Waals surface area contributed by atoms with Crippen LogP contribution in [0.2, 0.25) is 19.6 Å². The van der Waals surface area contributed by atoms with Gasteiger partial charge in [-0.15, -0.1) is 0 Å². The summed E-state index contributed by atoms with van der Waals surface area (Å²) < 4.78 is 0. The molecular formula is C3H9BCl2Si. The zero-order valence-corrected chi connectivity index (χ0v) is 7.35. The minimum Gasteiger partial charge on any atom is -0.176 e. The van der Waals surface area contributed by atoms with Crippen molar-refractivity contribution in [1.82, 2.24) is 0 Å². The van der Waals surface area contributed by atoms with Gasteiger partial charge < -0.3 is 0 Å². The summed E-state index contributed by atoms with van der Waals surface area (Å²) >= 11 is 11.2. The molecule has 0 aliphatic rings. The predicted molar refractivity (Wildman–Crippen MR) is 40.8 cm³/mol. The van der Waals surface area contributed by atoms with Crippen LogP contribution in [0.25, 0.3) is 0 Å². The molecule has 0 spiro atoms. The molecule has 0 nitrogen and oxygen atoms in total. The number of halogens is 2. The van der Waals surface area contributed by atoms with E-state index < -0.39 is 7.94 Å². The molecule has 0 N–H and O–H groups in total. The lowest BCUT2D eigenvalue weighted by atomic mass is 10.7. The van der Waals surface area contributed by atoms with E-state index in [4.69, 9.17) is 22.9 Å². The lowest BCUT2D eigenvalue weighted by Gasteiger charge is -2.11. The zero-order valence-electron chi connectivity index (χ0n) is 4.83. The maximum atomic E-state index is 5.58. The Bertz CT molecular complexity index is 58.4. The van der Waals surface area contributed by atoms with E-state index in [2.05, 4.69) is 19.6 Å². The molecule has 0 aromatic carbocycles. The maximum absolute atomic E-state index is 5.58. The van der Waals surface area contributed by atoms with E-state index in [0.717, 1.165) is 0 Å². The predicted octanol–water partition coefficient (Wildman–Crippen LogP) is 2.37. The van der Waals surface area contributed by atoms with E-state index in [1.165, 1.54) is 0 Å². The average molecular weight is 155 g/mol. The molecule has 0 saturated carbocycles. The van der Waals surface area contributed by atoms with Crippen LogP contribution >= 0.6 is 22.9 Å². The fourth-order valence-electron chi connectivity index (χ4n) is 0. The molecule has 0 aliphatic carbocycles. The summed E-state index contributed by atoms with van der Waals surface area (Å²) in [5, 5.41) is -0.118. The second kappa shape index (κ2) is 2.42. The van der Waals surface area contributed by atoms with Crippen molar-refractivity contribution in [2.75, 3.05) is 0 Å². The van der Waals surface area contributed by atoms with Crippen LogP contribution < -0.4 is 0 Å². The van der Waals surface area contributed by atoms with Crippen LogP contribution in [0.4, 0.5) is 0 Å². The van der Waals surface area contributed by atoms with Crippen molar-refractivity contribution >= 4 is 36.0 Å². The number of hydrogen-bond donors (Lipinski definition) is 0. The van der Waals surface area contributed by atoms with E-state index in [1.807, 2.05) is 0 Å². The van der Waals surface area contributed by atoms with Gasteiger partial charge in [0.25, 0.3) is 0 Å². The van der Waals surface area contributed by atoms with Gasteiger partial charge in [0.2, 0.25) is 0 Å². The van der Waals surface area contributed by atoms with Gasteiger partial charge in [0.15, 0.2) is 0 Å². The van der Waals surface area contributed by atoms with Gasteiger partial charge in [0, 0.05) is 0 Å². The van der Waals surface area contributed by atoms with Crippen LogP contribution in [0.15, 0.2) is 0 Å². The maximum Gasteiger partial charge on any atom is 0.337 e. The van der Waals surface area contributed by atoms with Crippen LogP contribution in [-0.2, 0) is 0 Å². The van der Waals surface area contributed by atoms with Crippen molar-refractivity contribution in [2.45, 2.75) is 19.6 Å². The first-order chi connectivity index (χ1) is 2.94. The number of rotatable bonds is 1. The lowest BCUT2D eigenvalue weighted by molar-refractivity contribution is 1.86. The van der Waals surface area contributed by atoms with Crippen LogP contribution in [0, 0.1) is 0 Å². The van der Waals surface area contributed by atoms with Gasteiger partial charge in [-0.1, -0.05) is 19.6 Å². The molecule has 7 heavy (non-hydrogen) atoms. The van der Waals surface area contributed by atoms with Crippen LogP contribution in [0.1, 0.15) is 0 Å². The Morgan fingerprint density at radius 3 is 1.29 bits per heavy atom. The molecule has 4 heteroatoms. The first kappa shape index (κ1) is 7.86. The van der Waals surface area contributed by atoms with Crippen molar-refractivity contribution in [3.8, 4) is 0 Å². The molecule has 0 radical (unpaired) electrons. The summed E-state index contributed by atoms with van der Waals surface area (Å²) in [5.74, 6) is 0. The van der Waals surface area contributed by atoms with Crippen molar-refractivity contribution in [3.05, 3.63) is 0 Å². The summed E-state index contributed by atoms with van der Waals surface area (Å²) in [6, 6.07) is 0. The zero-order chi connectivity index (χ0) is 6.08. The molecule has 0 aromatic heterocycles. The minimum atomic E-state index is -1.20. The molecule has 42 valence electrons. The second-order valence-electron chi connectivity index (χ2n) is 2.67. The smallest absolute Gasteiger partial charge is 0.176 e. The van der Waals surface area contributed by atoms with E-state index in [-0.39, 0.29) is 5.14 Å². The molecule has 0 heterocycles. The summed E-state index contributed by atoms with van der Waals surface area (Å²) in [6.07, 6.45) is 0. The SMILES string of the molecule is C[Si](C)(C)B(Cl)Cl. The van der Waals surface area contributed by atoms with Crippen molar-refractivity contribution < 1.29 is 0 Å². The highest BCUT2D eigenvalue weighted by Crippen LogP contribution is 2.12. The third kappa shape index (κ3) is 3.44.